The highest BCUT2D eigenvalue weighted by molar-refractivity contribution is 7.92. The van der Waals surface area contributed by atoms with Crippen LogP contribution in [0.4, 0.5) is 10.8 Å². The Kier molecular flexibility index (Phi) is 5.72. The molecule has 5 rings (SSSR count). The van der Waals surface area contributed by atoms with Crippen molar-refractivity contribution in [2.45, 2.75) is 4.90 Å². The van der Waals surface area contributed by atoms with E-state index in [9.17, 15) is 13.2 Å². The number of carbonyl (C=O) groups is 1. The molecule has 3 aromatic carbocycles. The maximum absolute atomic E-state index is 12.9. The van der Waals surface area contributed by atoms with E-state index in [1.54, 1.807) is 37.4 Å². The van der Waals surface area contributed by atoms with Crippen molar-refractivity contribution in [2.75, 3.05) is 30.4 Å². The van der Waals surface area contributed by atoms with Gasteiger partial charge in [0, 0.05) is 17.3 Å². The smallest absolute Gasteiger partial charge is 0.262 e. The molecule has 34 heavy (non-hydrogen) atoms. The van der Waals surface area contributed by atoms with Gasteiger partial charge in [-0.3, -0.25) is 14.8 Å². The van der Waals surface area contributed by atoms with Gasteiger partial charge in [0.05, 0.1) is 22.2 Å². The molecule has 9 nitrogen and oxygen atoms in total. The largest absolute Gasteiger partial charge is 0.497 e. The quantitative estimate of drug-likeness (QED) is 0.411. The predicted octanol–water partition coefficient (Wildman–Crippen LogP) is 4.13. The molecule has 2 N–H and O–H groups in total. The van der Waals surface area contributed by atoms with E-state index >= 15 is 0 Å². The number of ether oxygens (including phenoxy) is 3. The molecule has 4 aromatic rings. The van der Waals surface area contributed by atoms with Gasteiger partial charge < -0.3 is 14.2 Å². The molecule has 0 fully saturated rings. The van der Waals surface area contributed by atoms with Gasteiger partial charge in [-0.25, -0.2) is 13.4 Å². The Labute approximate surface area is 199 Å². The lowest BCUT2D eigenvalue weighted by Crippen LogP contribution is -2.17. The Hall–Kier alpha value is -3.83. The first kappa shape index (κ1) is 22.0. The van der Waals surface area contributed by atoms with Crippen LogP contribution in [0.3, 0.4) is 0 Å². The summed E-state index contributed by atoms with van der Waals surface area (Å²) >= 11 is 1.32. The summed E-state index contributed by atoms with van der Waals surface area (Å²) in [5, 5.41) is 3.19. The van der Waals surface area contributed by atoms with Crippen molar-refractivity contribution in [3.63, 3.8) is 0 Å². The SMILES string of the molecule is COc1ccc2nc(NC(=O)c3cccc(NS(=O)(=O)c4ccc5c(c4)OCCO5)c3)sc2c1. The molecule has 11 heteroatoms. The number of fused-ring (bicyclic) bond motifs is 2. The molecule has 0 saturated carbocycles. The fourth-order valence-corrected chi connectivity index (χ4v) is 5.34. The molecule has 0 spiro atoms. The van der Waals surface area contributed by atoms with Crippen LogP contribution in [0.25, 0.3) is 10.2 Å². The Bertz CT molecular complexity index is 1500. The number of carbonyl (C=O) groups excluding carboxylic acids is 1. The van der Waals surface area contributed by atoms with E-state index in [-0.39, 0.29) is 16.1 Å². The first-order valence-corrected chi connectivity index (χ1v) is 12.5. The van der Waals surface area contributed by atoms with E-state index in [0.717, 1.165) is 10.2 Å². The number of nitrogens with one attached hydrogen (secondary N) is 2. The molecule has 0 atom stereocenters. The van der Waals surface area contributed by atoms with Crippen LogP contribution in [0.15, 0.2) is 65.6 Å². The lowest BCUT2D eigenvalue weighted by Gasteiger charge is -2.19. The Balaban J connectivity index is 1.33. The minimum Gasteiger partial charge on any atom is -0.497 e. The van der Waals surface area contributed by atoms with Gasteiger partial charge in [-0.05, 0) is 48.5 Å². The fourth-order valence-electron chi connectivity index (χ4n) is 3.38. The van der Waals surface area contributed by atoms with Crippen molar-refractivity contribution >= 4 is 48.3 Å². The van der Waals surface area contributed by atoms with E-state index in [0.29, 0.717) is 35.6 Å². The average molecular weight is 498 g/mol. The third kappa shape index (κ3) is 4.47. The monoisotopic (exact) mass is 497 g/mol. The van der Waals surface area contributed by atoms with Gasteiger partial charge in [-0.1, -0.05) is 17.4 Å². The van der Waals surface area contributed by atoms with Crippen LogP contribution in [-0.4, -0.2) is 39.6 Å². The first-order valence-electron chi connectivity index (χ1n) is 10.2. The van der Waals surface area contributed by atoms with Crippen LogP contribution in [0.2, 0.25) is 0 Å². The third-order valence-electron chi connectivity index (χ3n) is 5.02. The zero-order valence-corrected chi connectivity index (χ0v) is 19.5. The number of amides is 1. The molecule has 1 aliphatic rings. The lowest BCUT2D eigenvalue weighted by molar-refractivity contribution is 0.102. The second kappa shape index (κ2) is 8.84. The summed E-state index contributed by atoms with van der Waals surface area (Å²) in [4.78, 5) is 17.2. The molecule has 174 valence electrons. The zero-order chi connectivity index (χ0) is 23.7. The van der Waals surface area contributed by atoms with E-state index in [2.05, 4.69) is 15.0 Å². The highest BCUT2D eigenvalue weighted by atomic mass is 32.2. The number of nitrogens with zero attached hydrogens (tertiary/aromatic N) is 1. The Morgan fingerprint density at radius 2 is 1.85 bits per heavy atom. The summed E-state index contributed by atoms with van der Waals surface area (Å²) < 4.78 is 45.3. The van der Waals surface area contributed by atoms with Gasteiger partial charge in [-0.2, -0.15) is 0 Å². The molecular formula is C23H19N3O6S2. The van der Waals surface area contributed by atoms with E-state index in [4.69, 9.17) is 14.2 Å². The Morgan fingerprint density at radius 1 is 1.03 bits per heavy atom. The maximum Gasteiger partial charge on any atom is 0.262 e. The standard InChI is InChI=1S/C23H19N3O6S2/c1-30-16-5-7-18-21(12-16)33-23(24-18)25-22(27)14-3-2-4-15(11-14)26-34(28,29)17-6-8-19-20(13-17)32-10-9-31-19/h2-8,11-13,26H,9-10H2,1H3,(H,24,25,27). The van der Waals surface area contributed by atoms with Gasteiger partial charge in [0.15, 0.2) is 16.6 Å². The van der Waals surface area contributed by atoms with E-state index < -0.39 is 15.9 Å². The molecule has 1 amide bonds. The third-order valence-corrected chi connectivity index (χ3v) is 7.33. The topological polar surface area (TPSA) is 116 Å². The van der Waals surface area contributed by atoms with E-state index in [1.807, 2.05) is 12.1 Å². The first-order chi connectivity index (χ1) is 16.4. The zero-order valence-electron chi connectivity index (χ0n) is 17.9. The van der Waals surface area contributed by atoms with Gasteiger partial charge in [0.2, 0.25) is 0 Å². The van der Waals surface area contributed by atoms with Crippen molar-refractivity contribution in [2.24, 2.45) is 0 Å². The number of rotatable bonds is 6. The minimum absolute atomic E-state index is 0.0245. The number of benzene rings is 3. The minimum atomic E-state index is -3.91. The van der Waals surface area contributed by atoms with E-state index in [1.165, 1.54) is 29.5 Å². The molecule has 0 unspecified atom stereocenters. The van der Waals surface area contributed by atoms with Gasteiger partial charge >= 0.3 is 0 Å². The van der Waals surface area contributed by atoms with Crippen molar-refractivity contribution in [1.82, 2.24) is 4.98 Å². The van der Waals surface area contributed by atoms with Crippen molar-refractivity contribution in [3.8, 4) is 17.2 Å². The van der Waals surface area contributed by atoms with Crippen LogP contribution in [-0.2, 0) is 10.0 Å². The number of sulfonamides is 1. The van der Waals surface area contributed by atoms with Crippen molar-refractivity contribution in [3.05, 3.63) is 66.2 Å². The Morgan fingerprint density at radius 3 is 2.68 bits per heavy atom. The number of aromatic nitrogens is 1. The summed E-state index contributed by atoms with van der Waals surface area (Å²) in [6, 6.07) is 16.1. The second-order valence-electron chi connectivity index (χ2n) is 7.30. The van der Waals surface area contributed by atoms with Gasteiger partial charge in [0.1, 0.15) is 19.0 Å². The molecule has 0 saturated heterocycles. The average Bonchev–Trinajstić information content (AvgIpc) is 3.25. The highest BCUT2D eigenvalue weighted by Gasteiger charge is 2.20. The molecule has 1 aromatic heterocycles. The normalized spacial score (nSPS) is 12.9. The van der Waals surface area contributed by atoms with Crippen LogP contribution < -0.4 is 24.2 Å². The molecule has 0 aliphatic carbocycles. The molecule has 0 bridgehead atoms. The summed E-state index contributed by atoms with van der Waals surface area (Å²) in [6.45, 7) is 0.765. The summed E-state index contributed by atoms with van der Waals surface area (Å²) in [5.74, 6) is 1.16. The predicted molar refractivity (Wildman–Crippen MR) is 129 cm³/mol. The number of anilines is 2. The van der Waals surface area contributed by atoms with Crippen LogP contribution >= 0.6 is 11.3 Å². The summed E-state index contributed by atoms with van der Waals surface area (Å²) in [6.07, 6.45) is 0. The maximum atomic E-state index is 12.9. The summed E-state index contributed by atoms with van der Waals surface area (Å²) in [7, 11) is -2.33. The second-order valence-corrected chi connectivity index (χ2v) is 10.0. The summed E-state index contributed by atoms with van der Waals surface area (Å²) in [5.41, 5.74) is 1.26. The molecular weight excluding hydrogens is 478 g/mol. The lowest BCUT2D eigenvalue weighted by atomic mass is 10.2. The highest BCUT2D eigenvalue weighted by Crippen LogP contribution is 2.33. The number of thiazole rings is 1. The van der Waals surface area contributed by atoms with Gasteiger partial charge in [-0.15, -0.1) is 0 Å². The molecule has 2 heterocycles. The fraction of sp³-hybridized carbons (Fsp3) is 0.130. The van der Waals surface area contributed by atoms with Crippen molar-refractivity contribution in [1.29, 1.82) is 0 Å². The van der Waals surface area contributed by atoms with Crippen molar-refractivity contribution < 1.29 is 27.4 Å². The molecule has 0 radical (unpaired) electrons. The van der Waals surface area contributed by atoms with Crippen LogP contribution in [0.1, 0.15) is 10.4 Å². The number of hydrogen-bond acceptors (Lipinski definition) is 8. The number of hydrogen-bond donors (Lipinski definition) is 2. The van der Waals surface area contributed by atoms with Crippen LogP contribution in [0.5, 0.6) is 17.2 Å². The molecule has 1 aliphatic heterocycles. The number of methoxy groups -OCH3 is 1. The van der Waals surface area contributed by atoms with Crippen LogP contribution in [0, 0.1) is 0 Å². The van der Waals surface area contributed by atoms with Gasteiger partial charge in [0.25, 0.3) is 15.9 Å².